The maximum atomic E-state index is 11.7. The minimum Gasteiger partial charge on any atom is -0.444 e. The molecule has 0 aliphatic heterocycles. The molecule has 0 spiro atoms. The molecule has 0 heterocycles. The predicted octanol–water partition coefficient (Wildman–Crippen LogP) is 4.00. The summed E-state index contributed by atoms with van der Waals surface area (Å²) in [4.78, 5) is 11.7. The van der Waals surface area contributed by atoms with Crippen molar-refractivity contribution in [2.45, 2.75) is 45.8 Å². The summed E-state index contributed by atoms with van der Waals surface area (Å²) in [5.41, 5.74) is 2.06. The van der Waals surface area contributed by atoms with Crippen molar-refractivity contribution in [2.24, 2.45) is 5.92 Å². The van der Waals surface area contributed by atoms with Gasteiger partial charge < -0.3 is 10.1 Å². The van der Waals surface area contributed by atoms with E-state index in [4.69, 9.17) is 4.74 Å². The van der Waals surface area contributed by atoms with Gasteiger partial charge in [-0.05, 0) is 39.7 Å². The van der Waals surface area contributed by atoms with Crippen molar-refractivity contribution in [1.29, 1.82) is 0 Å². The van der Waals surface area contributed by atoms with E-state index >= 15 is 0 Å². The third-order valence-corrected chi connectivity index (χ3v) is 3.27. The van der Waals surface area contributed by atoms with Gasteiger partial charge in [0.05, 0.1) is 0 Å². The van der Waals surface area contributed by atoms with Gasteiger partial charge in [0.1, 0.15) is 5.60 Å². The Morgan fingerprint density at radius 2 is 1.95 bits per heavy atom. The number of nitrogens with one attached hydrogen (secondary N) is 1. The normalized spacial score (nSPS) is 22.3. The molecular formula is C17H23NO2. The van der Waals surface area contributed by atoms with Crippen LogP contribution < -0.4 is 5.32 Å². The molecule has 1 N–H and O–H groups in total. The van der Waals surface area contributed by atoms with Crippen LogP contribution in [0.5, 0.6) is 0 Å². The van der Waals surface area contributed by atoms with E-state index in [1.165, 1.54) is 11.1 Å². The van der Waals surface area contributed by atoms with Gasteiger partial charge in [0.15, 0.2) is 0 Å². The zero-order valence-corrected chi connectivity index (χ0v) is 12.6. The Bertz CT molecular complexity index is 499. The highest BCUT2D eigenvalue weighted by atomic mass is 16.6. The van der Waals surface area contributed by atoms with E-state index < -0.39 is 5.60 Å². The van der Waals surface area contributed by atoms with Gasteiger partial charge in [-0.25, -0.2) is 4.79 Å². The zero-order chi connectivity index (χ0) is 14.8. The lowest BCUT2D eigenvalue weighted by Crippen LogP contribution is -2.34. The number of amides is 1. The predicted molar refractivity (Wildman–Crippen MR) is 81.4 cm³/mol. The molecule has 0 bridgehead atoms. The number of benzene rings is 1. The molecule has 0 unspecified atom stereocenters. The van der Waals surface area contributed by atoms with Gasteiger partial charge in [0.25, 0.3) is 0 Å². The highest BCUT2D eigenvalue weighted by molar-refractivity contribution is 5.69. The molecule has 1 aliphatic carbocycles. The minimum absolute atomic E-state index is 0.213. The van der Waals surface area contributed by atoms with Crippen molar-refractivity contribution >= 4 is 12.2 Å². The number of alkyl carbamates (subject to hydrolysis) is 1. The van der Waals surface area contributed by atoms with Crippen molar-refractivity contribution in [2.75, 3.05) is 0 Å². The molecular weight excluding hydrogens is 250 g/mol. The van der Waals surface area contributed by atoms with Crippen LogP contribution in [0.15, 0.2) is 35.9 Å². The van der Waals surface area contributed by atoms with Crippen LogP contribution in [-0.4, -0.2) is 17.7 Å². The van der Waals surface area contributed by atoms with Gasteiger partial charge in [-0.15, -0.1) is 0 Å². The molecule has 3 nitrogen and oxygen atoms in total. The average Bonchev–Trinajstić information content (AvgIpc) is 3.07. The molecule has 1 aliphatic rings. The molecule has 0 saturated heterocycles. The Hall–Kier alpha value is -1.77. The smallest absolute Gasteiger partial charge is 0.407 e. The van der Waals surface area contributed by atoms with Crippen LogP contribution in [0.3, 0.4) is 0 Å². The summed E-state index contributed by atoms with van der Waals surface area (Å²) in [5, 5.41) is 2.93. The van der Waals surface area contributed by atoms with Crippen LogP contribution in [0.25, 0.3) is 6.08 Å². The third kappa shape index (κ3) is 4.41. The Labute approximate surface area is 121 Å². The van der Waals surface area contributed by atoms with Gasteiger partial charge in [0, 0.05) is 12.0 Å². The summed E-state index contributed by atoms with van der Waals surface area (Å²) in [6, 6.07) is 10.5. The van der Waals surface area contributed by atoms with Crippen molar-refractivity contribution in [1.82, 2.24) is 5.32 Å². The molecule has 0 radical (unpaired) electrons. The SMILES string of the molecule is C/C(=C\c1ccccc1)[C@H]1C[C@@H]1NC(=O)OC(C)(C)C. The Morgan fingerprint density at radius 1 is 1.30 bits per heavy atom. The van der Waals surface area contributed by atoms with E-state index in [9.17, 15) is 4.79 Å². The molecule has 0 aromatic heterocycles. The Morgan fingerprint density at radius 3 is 2.55 bits per heavy atom. The van der Waals surface area contributed by atoms with Crippen LogP contribution in [0.2, 0.25) is 0 Å². The molecule has 1 saturated carbocycles. The fourth-order valence-corrected chi connectivity index (χ4v) is 2.24. The minimum atomic E-state index is -0.441. The van der Waals surface area contributed by atoms with Crippen LogP contribution in [0.4, 0.5) is 4.79 Å². The highest BCUT2D eigenvalue weighted by Gasteiger charge is 2.40. The monoisotopic (exact) mass is 273 g/mol. The molecule has 1 aromatic rings. The first-order valence-corrected chi connectivity index (χ1v) is 7.08. The van der Waals surface area contributed by atoms with E-state index in [0.717, 1.165) is 6.42 Å². The first kappa shape index (κ1) is 14.6. The number of carbonyl (C=O) groups is 1. The molecule has 1 amide bonds. The zero-order valence-electron chi connectivity index (χ0n) is 12.6. The van der Waals surface area contributed by atoms with Crippen LogP contribution in [0.1, 0.15) is 39.7 Å². The summed E-state index contributed by atoms with van der Waals surface area (Å²) in [7, 11) is 0. The number of ether oxygens (including phenoxy) is 1. The first-order chi connectivity index (χ1) is 9.35. The first-order valence-electron chi connectivity index (χ1n) is 7.08. The fourth-order valence-electron chi connectivity index (χ4n) is 2.24. The van der Waals surface area contributed by atoms with Crippen LogP contribution in [-0.2, 0) is 4.74 Å². The second kappa shape index (κ2) is 5.70. The summed E-state index contributed by atoms with van der Waals surface area (Å²) < 4.78 is 5.27. The van der Waals surface area contributed by atoms with E-state index in [2.05, 4.69) is 30.4 Å². The van der Waals surface area contributed by atoms with Crippen molar-refractivity contribution in [3.63, 3.8) is 0 Å². The molecule has 108 valence electrons. The second-order valence-electron chi connectivity index (χ2n) is 6.39. The van der Waals surface area contributed by atoms with E-state index in [1.54, 1.807) is 0 Å². The van der Waals surface area contributed by atoms with Gasteiger partial charge in [-0.3, -0.25) is 0 Å². The van der Waals surface area contributed by atoms with E-state index in [-0.39, 0.29) is 12.1 Å². The second-order valence-corrected chi connectivity index (χ2v) is 6.39. The van der Waals surface area contributed by atoms with Crippen LogP contribution in [0, 0.1) is 5.92 Å². The van der Waals surface area contributed by atoms with E-state index in [0.29, 0.717) is 5.92 Å². The highest BCUT2D eigenvalue weighted by Crippen LogP contribution is 2.38. The molecule has 20 heavy (non-hydrogen) atoms. The van der Waals surface area contributed by atoms with Gasteiger partial charge in [-0.1, -0.05) is 42.0 Å². The Kier molecular flexibility index (Phi) is 4.17. The topological polar surface area (TPSA) is 38.3 Å². The average molecular weight is 273 g/mol. The number of rotatable bonds is 3. The van der Waals surface area contributed by atoms with Crippen molar-refractivity contribution in [3.05, 3.63) is 41.5 Å². The summed E-state index contributed by atoms with van der Waals surface area (Å²) in [6.45, 7) is 7.74. The maximum Gasteiger partial charge on any atom is 0.407 e. The number of hydrogen-bond acceptors (Lipinski definition) is 2. The molecule has 1 fully saturated rings. The molecule has 2 rings (SSSR count). The lowest BCUT2D eigenvalue weighted by atomic mass is 10.1. The maximum absolute atomic E-state index is 11.7. The number of carbonyl (C=O) groups excluding carboxylic acids is 1. The van der Waals surface area contributed by atoms with Crippen molar-refractivity contribution < 1.29 is 9.53 Å². The van der Waals surface area contributed by atoms with Crippen LogP contribution >= 0.6 is 0 Å². The van der Waals surface area contributed by atoms with E-state index in [1.807, 2.05) is 39.0 Å². The summed E-state index contributed by atoms with van der Waals surface area (Å²) >= 11 is 0. The fraction of sp³-hybridized carbons (Fsp3) is 0.471. The standard InChI is InChI=1S/C17H23NO2/c1-12(10-13-8-6-5-7-9-13)14-11-15(14)18-16(19)20-17(2,3)4/h5-10,14-15H,11H2,1-4H3,(H,18,19)/b12-10+/t14-,15+/m1/s1. The van der Waals surface area contributed by atoms with Gasteiger partial charge in [0.2, 0.25) is 0 Å². The van der Waals surface area contributed by atoms with Gasteiger partial charge >= 0.3 is 6.09 Å². The number of hydrogen-bond donors (Lipinski definition) is 1. The van der Waals surface area contributed by atoms with Gasteiger partial charge in [-0.2, -0.15) is 0 Å². The lowest BCUT2D eigenvalue weighted by Gasteiger charge is -2.19. The summed E-state index contributed by atoms with van der Waals surface area (Å²) in [5.74, 6) is 0.433. The largest absolute Gasteiger partial charge is 0.444 e. The molecule has 2 atom stereocenters. The quantitative estimate of drug-likeness (QED) is 0.904. The summed E-state index contributed by atoms with van der Waals surface area (Å²) in [6.07, 6.45) is 2.85. The molecule has 3 heteroatoms. The lowest BCUT2D eigenvalue weighted by molar-refractivity contribution is 0.0522. The Balaban J connectivity index is 1.86. The third-order valence-electron chi connectivity index (χ3n) is 3.27. The van der Waals surface area contributed by atoms with Crippen molar-refractivity contribution in [3.8, 4) is 0 Å². The molecule has 1 aromatic carbocycles.